The van der Waals surface area contributed by atoms with Gasteiger partial charge in [-0.3, -0.25) is 15.2 Å². The molecule has 3 nitrogen and oxygen atoms in total. The normalized spacial score (nSPS) is 13.3. The minimum atomic E-state index is -0.0691. The fraction of sp³-hybridized carbons (Fsp3) is 0.583. The lowest BCUT2D eigenvalue weighted by molar-refractivity contribution is -0.123. The zero-order valence-corrected chi connectivity index (χ0v) is 10.4. The summed E-state index contributed by atoms with van der Waals surface area (Å²) >= 11 is 0. The number of hydrogen-bond acceptors (Lipinski definition) is 2. The minimum Gasteiger partial charge on any atom is -0.283 e. The largest absolute Gasteiger partial charge is 0.283 e. The third kappa shape index (κ3) is 4.19. The molecule has 0 spiro atoms. The van der Waals surface area contributed by atoms with Gasteiger partial charge >= 0.3 is 0 Å². The third-order valence-corrected chi connectivity index (χ3v) is 2.37. The van der Waals surface area contributed by atoms with Gasteiger partial charge in [-0.25, -0.2) is 0 Å². The first kappa shape index (κ1) is 13.8. The van der Waals surface area contributed by atoms with Crippen LogP contribution in [0.5, 0.6) is 0 Å². The Morgan fingerprint density at radius 3 is 2.27 bits per heavy atom. The van der Waals surface area contributed by atoms with Crippen molar-refractivity contribution in [2.45, 2.75) is 47.1 Å². The van der Waals surface area contributed by atoms with Gasteiger partial charge < -0.3 is 0 Å². The molecule has 0 aromatic carbocycles. The maximum atomic E-state index is 11.1. The van der Waals surface area contributed by atoms with E-state index in [1.165, 1.54) is 12.5 Å². The molecule has 0 saturated carbocycles. The predicted octanol–water partition coefficient (Wildman–Crippen LogP) is 2.62. The van der Waals surface area contributed by atoms with Gasteiger partial charge in [0.1, 0.15) is 0 Å². The predicted molar refractivity (Wildman–Crippen MR) is 64.0 cm³/mol. The lowest BCUT2D eigenvalue weighted by Gasteiger charge is -2.33. The van der Waals surface area contributed by atoms with Crippen LogP contribution in [0.3, 0.4) is 0 Å². The molecule has 1 N–H and O–H groups in total. The van der Waals surface area contributed by atoms with E-state index in [2.05, 4.69) is 31.9 Å². The van der Waals surface area contributed by atoms with Crippen molar-refractivity contribution in [1.29, 1.82) is 0 Å². The van der Waals surface area contributed by atoms with Crippen molar-refractivity contribution >= 4 is 5.91 Å². The summed E-state index contributed by atoms with van der Waals surface area (Å²) in [5.41, 5.74) is 4.88. The van der Waals surface area contributed by atoms with Crippen LogP contribution in [-0.4, -0.2) is 17.0 Å². The minimum absolute atomic E-state index is 0.0691. The second kappa shape index (κ2) is 6.27. The van der Waals surface area contributed by atoms with Gasteiger partial charge in [0, 0.05) is 12.6 Å². The van der Waals surface area contributed by atoms with Crippen LogP contribution in [0.25, 0.3) is 0 Å². The Morgan fingerprint density at radius 2 is 2.00 bits per heavy atom. The lowest BCUT2D eigenvalue weighted by atomic mass is 10.1. The quantitative estimate of drug-likeness (QED) is 0.559. The molecule has 1 unspecified atom stereocenters. The monoisotopic (exact) mass is 210 g/mol. The van der Waals surface area contributed by atoms with Crippen molar-refractivity contribution < 1.29 is 4.79 Å². The van der Waals surface area contributed by atoms with Crippen LogP contribution in [0.15, 0.2) is 23.9 Å². The highest BCUT2D eigenvalue weighted by atomic mass is 16.2. The van der Waals surface area contributed by atoms with Gasteiger partial charge in [0.25, 0.3) is 0 Å². The Morgan fingerprint density at radius 1 is 1.47 bits per heavy atom. The molecule has 0 radical (unpaired) electrons. The van der Waals surface area contributed by atoms with E-state index in [-0.39, 0.29) is 11.9 Å². The molecule has 1 atom stereocenters. The van der Waals surface area contributed by atoms with Crippen LogP contribution in [0, 0.1) is 0 Å². The van der Waals surface area contributed by atoms with E-state index in [9.17, 15) is 4.79 Å². The first-order valence-electron chi connectivity index (χ1n) is 5.28. The molecule has 86 valence electrons. The maximum Gasteiger partial charge on any atom is 0.235 e. The molecule has 1 amide bonds. The van der Waals surface area contributed by atoms with Gasteiger partial charge in [0.15, 0.2) is 0 Å². The zero-order chi connectivity index (χ0) is 12.0. The number of nitrogens with zero attached hydrogens (tertiary/aromatic N) is 1. The van der Waals surface area contributed by atoms with Crippen LogP contribution in [-0.2, 0) is 4.79 Å². The summed E-state index contributed by atoms with van der Waals surface area (Å²) < 4.78 is 0. The molecule has 0 fully saturated rings. The van der Waals surface area contributed by atoms with E-state index in [0.29, 0.717) is 0 Å². The van der Waals surface area contributed by atoms with E-state index in [0.717, 1.165) is 12.1 Å². The van der Waals surface area contributed by atoms with Crippen molar-refractivity contribution in [2.24, 2.45) is 0 Å². The van der Waals surface area contributed by atoms with Gasteiger partial charge in [-0.1, -0.05) is 25.2 Å². The average Bonchev–Trinajstić information content (AvgIpc) is 2.16. The Hall–Kier alpha value is -1.25. The molecule has 0 aliphatic heterocycles. The fourth-order valence-corrected chi connectivity index (χ4v) is 1.51. The van der Waals surface area contributed by atoms with Crippen LogP contribution in [0.1, 0.15) is 41.0 Å². The summed E-state index contributed by atoms with van der Waals surface area (Å²) in [6.07, 6.45) is 3.00. The molecular formula is C12H22N2O. The summed E-state index contributed by atoms with van der Waals surface area (Å²) in [7, 11) is 0. The number of hydrazine groups is 1. The van der Waals surface area contributed by atoms with E-state index >= 15 is 0 Å². The van der Waals surface area contributed by atoms with Crippen molar-refractivity contribution in [3.05, 3.63) is 23.9 Å². The molecule has 0 aliphatic rings. The fourth-order valence-electron chi connectivity index (χ4n) is 1.51. The number of carbonyl (C=O) groups is 1. The smallest absolute Gasteiger partial charge is 0.235 e. The highest BCUT2D eigenvalue weighted by molar-refractivity contribution is 5.72. The van der Waals surface area contributed by atoms with Crippen molar-refractivity contribution in [2.75, 3.05) is 0 Å². The van der Waals surface area contributed by atoms with Crippen molar-refractivity contribution in [3.8, 4) is 0 Å². The van der Waals surface area contributed by atoms with Crippen molar-refractivity contribution in [3.63, 3.8) is 0 Å². The number of rotatable bonds is 5. The first-order chi connectivity index (χ1) is 6.93. The SMILES string of the molecule is C=C(C)N(NC(C)=O)C(CC)/C(C)=C/C. The molecule has 0 saturated heterocycles. The molecular weight excluding hydrogens is 188 g/mol. The van der Waals surface area contributed by atoms with E-state index in [1.807, 2.05) is 18.9 Å². The molecule has 0 aromatic heterocycles. The highest BCUT2D eigenvalue weighted by Gasteiger charge is 2.18. The standard InChI is InChI=1S/C12H22N2O/c1-7-10(5)12(8-2)14(9(3)4)13-11(6)15/h7,12H,3,8H2,1-2,4-6H3,(H,13,15)/b10-7+. The molecule has 0 aliphatic carbocycles. The average molecular weight is 210 g/mol. The zero-order valence-electron chi connectivity index (χ0n) is 10.4. The second-order valence-electron chi connectivity index (χ2n) is 3.73. The van der Waals surface area contributed by atoms with E-state index in [1.54, 1.807) is 0 Å². The van der Waals surface area contributed by atoms with Gasteiger partial charge in [-0.05, 0) is 27.2 Å². The van der Waals surface area contributed by atoms with Gasteiger partial charge in [0.05, 0.1) is 6.04 Å². The topological polar surface area (TPSA) is 32.3 Å². The van der Waals surface area contributed by atoms with E-state index in [4.69, 9.17) is 0 Å². The number of amides is 1. The second-order valence-corrected chi connectivity index (χ2v) is 3.73. The summed E-state index contributed by atoms with van der Waals surface area (Å²) in [6.45, 7) is 13.4. The Balaban J connectivity index is 4.86. The van der Waals surface area contributed by atoms with Gasteiger partial charge in [0.2, 0.25) is 5.91 Å². The van der Waals surface area contributed by atoms with Gasteiger partial charge in [-0.15, -0.1) is 0 Å². The Kier molecular flexibility index (Phi) is 5.75. The summed E-state index contributed by atoms with van der Waals surface area (Å²) in [5, 5.41) is 1.83. The third-order valence-electron chi connectivity index (χ3n) is 2.37. The number of nitrogens with one attached hydrogen (secondary N) is 1. The number of hydrogen-bond donors (Lipinski definition) is 1. The molecule has 0 heterocycles. The number of carbonyl (C=O) groups excluding carboxylic acids is 1. The lowest BCUT2D eigenvalue weighted by Crippen LogP contribution is -2.46. The molecule has 0 bridgehead atoms. The maximum absolute atomic E-state index is 11.1. The molecule has 0 rings (SSSR count). The van der Waals surface area contributed by atoms with Crippen LogP contribution >= 0.6 is 0 Å². The molecule has 3 heteroatoms. The van der Waals surface area contributed by atoms with E-state index < -0.39 is 0 Å². The summed E-state index contributed by atoms with van der Waals surface area (Å²) in [5.74, 6) is -0.0691. The summed E-state index contributed by atoms with van der Waals surface area (Å²) in [4.78, 5) is 11.1. The number of allylic oxidation sites excluding steroid dienone is 2. The molecule has 15 heavy (non-hydrogen) atoms. The van der Waals surface area contributed by atoms with Crippen LogP contribution < -0.4 is 5.43 Å². The molecule has 0 aromatic rings. The Bertz CT molecular complexity index is 269. The van der Waals surface area contributed by atoms with Gasteiger partial charge in [-0.2, -0.15) is 0 Å². The highest BCUT2D eigenvalue weighted by Crippen LogP contribution is 2.15. The van der Waals surface area contributed by atoms with Crippen LogP contribution in [0.2, 0.25) is 0 Å². The Labute approximate surface area is 92.8 Å². The van der Waals surface area contributed by atoms with Crippen molar-refractivity contribution in [1.82, 2.24) is 10.4 Å². The van der Waals surface area contributed by atoms with Crippen LogP contribution in [0.4, 0.5) is 0 Å². The summed E-state index contributed by atoms with van der Waals surface area (Å²) in [6, 6.07) is 0.191. The first-order valence-corrected chi connectivity index (χ1v) is 5.28.